The van der Waals surface area contributed by atoms with Crippen molar-refractivity contribution in [2.75, 3.05) is 12.4 Å². The zero-order valence-corrected chi connectivity index (χ0v) is 15.1. The topological polar surface area (TPSA) is 55.4 Å². The van der Waals surface area contributed by atoms with E-state index in [-0.39, 0.29) is 11.7 Å². The number of nitrogens with one attached hydrogen (secondary N) is 1. The Labute approximate surface area is 149 Å². The van der Waals surface area contributed by atoms with E-state index in [9.17, 15) is 9.59 Å². The van der Waals surface area contributed by atoms with Gasteiger partial charge in [0.15, 0.2) is 5.78 Å². The minimum atomic E-state index is -0.120. The molecule has 4 nitrogen and oxygen atoms in total. The summed E-state index contributed by atoms with van der Waals surface area (Å²) in [5.41, 5.74) is 2.04. The molecule has 1 amide bonds. The molecule has 0 saturated heterocycles. The third-order valence-corrected chi connectivity index (χ3v) is 3.87. The summed E-state index contributed by atoms with van der Waals surface area (Å²) in [7, 11) is 1.59. The number of hydrogen-bond acceptors (Lipinski definition) is 3. The molecule has 2 rings (SSSR count). The zero-order chi connectivity index (χ0) is 17.5. The van der Waals surface area contributed by atoms with E-state index in [4.69, 9.17) is 4.74 Å². The Kier molecular flexibility index (Phi) is 6.32. The van der Waals surface area contributed by atoms with E-state index < -0.39 is 0 Å². The maximum absolute atomic E-state index is 12.3. The van der Waals surface area contributed by atoms with Crippen LogP contribution in [0.2, 0.25) is 0 Å². The predicted octanol–water partition coefficient (Wildman–Crippen LogP) is 4.70. The lowest BCUT2D eigenvalue weighted by Crippen LogP contribution is -2.09. The molecule has 0 aliphatic heterocycles. The summed E-state index contributed by atoms with van der Waals surface area (Å²) >= 11 is 3.40. The molecule has 0 saturated carbocycles. The Morgan fingerprint density at radius 2 is 1.88 bits per heavy atom. The van der Waals surface area contributed by atoms with Crippen LogP contribution >= 0.6 is 15.9 Å². The van der Waals surface area contributed by atoms with Gasteiger partial charge in [-0.05, 0) is 54.6 Å². The first-order valence-electron chi connectivity index (χ1n) is 7.49. The summed E-state index contributed by atoms with van der Waals surface area (Å²) in [6.45, 7) is 1.79. The van der Waals surface area contributed by atoms with Crippen LogP contribution in [0.4, 0.5) is 5.69 Å². The summed E-state index contributed by atoms with van der Waals surface area (Å²) < 4.78 is 6.19. The Bertz CT molecular complexity index is 767. The van der Waals surface area contributed by atoms with Crippen LogP contribution in [0.3, 0.4) is 0 Å². The summed E-state index contributed by atoms with van der Waals surface area (Å²) in [4.78, 5) is 23.6. The second kappa shape index (κ2) is 8.45. The van der Waals surface area contributed by atoms with Gasteiger partial charge in [-0.2, -0.15) is 0 Å². The van der Waals surface area contributed by atoms with Crippen molar-refractivity contribution in [2.24, 2.45) is 0 Å². The van der Waals surface area contributed by atoms with Crippen molar-refractivity contribution in [1.29, 1.82) is 0 Å². The minimum Gasteiger partial charge on any atom is -0.496 e. The van der Waals surface area contributed by atoms with Crippen molar-refractivity contribution in [3.63, 3.8) is 0 Å². The van der Waals surface area contributed by atoms with Crippen LogP contribution < -0.4 is 10.1 Å². The largest absolute Gasteiger partial charge is 0.496 e. The summed E-state index contributed by atoms with van der Waals surface area (Å²) in [6, 6.07) is 12.4. The molecule has 0 aliphatic carbocycles. The van der Waals surface area contributed by atoms with E-state index in [0.29, 0.717) is 23.4 Å². The van der Waals surface area contributed by atoms with E-state index in [1.807, 2.05) is 18.2 Å². The molecular formula is C19H18BrNO3. The van der Waals surface area contributed by atoms with Crippen LogP contribution in [0.1, 0.15) is 29.3 Å². The Morgan fingerprint density at radius 1 is 1.17 bits per heavy atom. The molecule has 5 heteroatoms. The van der Waals surface area contributed by atoms with Gasteiger partial charge in [0, 0.05) is 27.7 Å². The number of carbonyl (C=O) groups is 2. The van der Waals surface area contributed by atoms with Crippen molar-refractivity contribution >= 4 is 39.4 Å². The molecule has 0 aromatic heterocycles. The fraction of sp³-hybridized carbons (Fsp3) is 0.158. The second-order valence-electron chi connectivity index (χ2n) is 5.06. The van der Waals surface area contributed by atoms with Gasteiger partial charge in [-0.3, -0.25) is 9.59 Å². The lowest BCUT2D eigenvalue weighted by Gasteiger charge is -2.05. The number of allylic oxidation sites excluding steroid dienone is 1. The number of anilines is 1. The number of rotatable bonds is 6. The van der Waals surface area contributed by atoms with Crippen molar-refractivity contribution in [1.82, 2.24) is 0 Å². The van der Waals surface area contributed by atoms with E-state index in [0.717, 1.165) is 10.0 Å². The Balaban J connectivity index is 2.12. The molecule has 0 spiro atoms. The van der Waals surface area contributed by atoms with Crippen LogP contribution in [0.15, 0.2) is 53.0 Å². The molecule has 0 heterocycles. The first-order chi connectivity index (χ1) is 11.5. The molecule has 2 aromatic rings. The molecule has 24 heavy (non-hydrogen) atoms. The minimum absolute atomic E-state index is 0.0595. The molecule has 2 aromatic carbocycles. The number of ether oxygens (including phenoxy) is 1. The van der Waals surface area contributed by atoms with Gasteiger partial charge >= 0.3 is 0 Å². The van der Waals surface area contributed by atoms with Crippen LogP contribution in [-0.4, -0.2) is 18.8 Å². The van der Waals surface area contributed by atoms with Crippen LogP contribution in [-0.2, 0) is 4.79 Å². The number of carbonyl (C=O) groups excluding carboxylic acids is 2. The van der Waals surface area contributed by atoms with E-state index in [2.05, 4.69) is 21.2 Å². The molecule has 124 valence electrons. The molecular weight excluding hydrogens is 370 g/mol. The van der Waals surface area contributed by atoms with Gasteiger partial charge in [-0.1, -0.05) is 22.9 Å². The summed E-state index contributed by atoms with van der Waals surface area (Å²) in [5, 5.41) is 2.75. The van der Waals surface area contributed by atoms with E-state index in [1.165, 1.54) is 6.08 Å². The van der Waals surface area contributed by atoms with Gasteiger partial charge < -0.3 is 10.1 Å². The predicted molar refractivity (Wildman–Crippen MR) is 99.4 cm³/mol. The highest BCUT2D eigenvalue weighted by Gasteiger charge is 2.05. The number of halogens is 1. The molecule has 0 aliphatic rings. The lowest BCUT2D eigenvalue weighted by atomic mass is 10.1. The van der Waals surface area contributed by atoms with Gasteiger partial charge in [0.05, 0.1) is 7.11 Å². The molecule has 1 N–H and O–H groups in total. The number of methoxy groups -OCH3 is 1. The third kappa shape index (κ3) is 4.80. The lowest BCUT2D eigenvalue weighted by molar-refractivity contribution is -0.115. The normalized spacial score (nSPS) is 10.6. The second-order valence-corrected chi connectivity index (χ2v) is 5.98. The number of benzene rings is 2. The highest BCUT2D eigenvalue weighted by Crippen LogP contribution is 2.24. The van der Waals surface area contributed by atoms with Gasteiger partial charge in [0.2, 0.25) is 5.91 Å². The fourth-order valence-corrected chi connectivity index (χ4v) is 2.44. The average Bonchev–Trinajstić information content (AvgIpc) is 2.60. The summed E-state index contributed by atoms with van der Waals surface area (Å²) in [6.07, 6.45) is 3.64. The fourth-order valence-electron chi connectivity index (χ4n) is 2.06. The maximum atomic E-state index is 12.3. The molecule has 0 fully saturated rings. The number of amides is 1. The highest BCUT2D eigenvalue weighted by molar-refractivity contribution is 9.10. The van der Waals surface area contributed by atoms with Gasteiger partial charge in [-0.25, -0.2) is 0 Å². The highest BCUT2D eigenvalue weighted by atomic mass is 79.9. The Morgan fingerprint density at radius 3 is 2.50 bits per heavy atom. The molecule has 0 atom stereocenters. The standard InChI is InChI=1S/C19H18BrNO3/c1-3-19(23)21-16-8-4-13(5-9-16)17(22)10-6-14-12-15(20)7-11-18(14)24-2/h4-12H,3H2,1-2H3,(H,21,23)/b10-6+. The van der Waals surface area contributed by atoms with Crippen LogP contribution in [0.5, 0.6) is 5.75 Å². The van der Waals surface area contributed by atoms with E-state index >= 15 is 0 Å². The molecule has 0 unspecified atom stereocenters. The maximum Gasteiger partial charge on any atom is 0.224 e. The van der Waals surface area contributed by atoms with E-state index in [1.54, 1.807) is 44.4 Å². The molecule has 0 bridgehead atoms. The Hall–Kier alpha value is -2.40. The quantitative estimate of drug-likeness (QED) is 0.577. The number of hydrogen-bond donors (Lipinski definition) is 1. The van der Waals surface area contributed by atoms with Crippen LogP contribution in [0, 0.1) is 0 Å². The van der Waals surface area contributed by atoms with Crippen molar-refractivity contribution in [3.8, 4) is 5.75 Å². The van der Waals surface area contributed by atoms with Crippen molar-refractivity contribution < 1.29 is 14.3 Å². The van der Waals surface area contributed by atoms with Crippen LogP contribution in [0.25, 0.3) is 6.08 Å². The SMILES string of the molecule is CCC(=O)Nc1ccc(C(=O)/C=C/c2cc(Br)ccc2OC)cc1. The first kappa shape index (κ1) is 17.9. The van der Waals surface area contributed by atoms with Crippen molar-refractivity contribution in [2.45, 2.75) is 13.3 Å². The van der Waals surface area contributed by atoms with Crippen molar-refractivity contribution in [3.05, 3.63) is 64.1 Å². The number of ketones is 1. The first-order valence-corrected chi connectivity index (χ1v) is 8.28. The smallest absolute Gasteiger partial charge is 0.224 e. The van der Waals surface area contributed by atoms with Gasteiger partial charge in [0.25, 0.3) is 0 Å². The van der Waals surface area contributed by atoms with Gasteiger partial charge in [0.1, 0.15) is 5.75 Å². The average molecular weight is 388 g/mol. The zero-order valence-electron chi connectivity index (χ0n) is 13.5. The third-order valence-electron chi connectivity index (χ3n) is 3.38. The van der Waals surface area contributed by atoms with Gasteiger partial charge in [-0.15, -0.1) is 0 Å². The summed E-state index contributed by atoms with van der Waals surface area (Å²) in [5.74, 6) is 0.515. The molecule has 0 radical (unpaired) electrons. The monoisotopic (exact) mass is 387 g/mol.